The van der Waals surface area contributed by atoms with Gasteiger partial charge in [-0.3, -0.25) is 22.8 Å². The lowest BCUT2D eigenvalue weighted by Gasteiger charge is -2.23. The fourth-order valence-corrected chi connectivity index (χ4v) is 4.26. The number of rotatable bonds is 12. The van der Waals surface area contributed by atoms with E-state index in [1.165, 1.54) is 43.4 Å². The highest BCUT2D eigenvalue weighted by Gasteiger charge is 2.34. The molecule has 40 heavy (non-hydrogen) atoms. The predicted octanol–water partition coefficient (Wildman–Crippen LogP) is 5.53. The van der Waals surface area contributed by atoms with Crippen molar-refractivity contribution in [3.05, 3.63) is 71.5 Å². The summed E-state index contributed by atoms with van der Waals surface area (Å²) >= 11 is 0. The summed E-state index contributed by atoms with van der Waals surface area (Å²) in [6.07, 6.45) is -0.656. The van der Waals surface area contributed by atoms with Gasteiger partial charge in [-0.05, 0) is 42.0 Å². The lowest BCUT2D eigenvalue weighted by atomic mass is 9.85. The molecule has 210 valence electrons. The number of fused-ring (bicyclic) bond motifs is 1. The number of pyridine rings is 1. The maximum Gasteiger partial charge on any atom is 0.255 e. The Morgan fingerprint density at radius 1 is 1.00 bits per heavy atom. The Labute approximate surface area is 227 Å². The number of alkyl halides is 3. The van der Waals surface area contributed by atoms with E-state index in [-0.39, 0.29) is 41.6 Å². The Bertz CT molecular complexity index is 1510. The van der Waals surface area contributed by atoms with Crippen LogP contribution in [0.1, 0.15) is 27.1 Å². The number of Topliss-reactive ketones (excluding diaryl/α,β-unsaturated/α-hetero) is 1. The van der Waals surface area contributed by atoms with E-state index in [1.54, 1.807) is 18.2 Å². The molecule has 7 nitrogen and oxygen atoms in total. The molecule has 2 heterocycles. The van der Waals surface area contributed by atoms with Crippen molar-refractivity contribution in [3.63, 3.8) is 0 Å². The van der Waals surface area contributed by atoms with E-state index in [0.717, 1.165) is 0 Å². The van der Waals surface area contributed by atoms with Crippen molar-refractivity contribution >= 4 is 28.6 Å². The van der Waals surface area contributed by atoms with Crippen LogP contribution in [0.2, 0.25) is 0 Å². The Morgan fingerprint density at radius 2 is 1.70 bits per heavy atom. The van der Waals surface area contributed by atoms with Gasteiger partial charge < -0.3 is 20.2 Å². The monoisotopic (exact) mass is 557 g/mol. The second-order valence-corrected chi connectivity index (χ2v) is 9.36. The molecular formula is C29H27F4N3O4. The van der Waals surface area contributed by atoms with Crippen LogP contribution in [-0.4, -0.2) is 62.0 Å². The minimum Gasteiger partial charge on any atom is -0.437 e. The average Bonchev–Trinajstić information content (AvgIpc) is 3.36. The highest BCUT2D eigenvalue weighted by atomic mass is 19.2. The quantitative estimate of drug-likeness (QED) is 0.156. The normalized spacial score (nSPS) is 11.6. The molecule has 0 aliphatic rings. The Hall–Kier alpha value is -4.25. The van der Waals surface area contributed by atoms with Gasteiger partial charge in [0.25, 0.3) is 5.91 Å². The highest BCUT2D eigenvalue weighted by molar-refractivity contribution is 6.11. The first kappa shape index (κ1) is 28.8. The van der Waals surface area contributed by atoms with E-state index < -0.39 is 49.4 Å². The van der Waals surface area contributed by atoms with E-state index in [2.05, 4.69) is 15.6 Å². The summed E-state index contributed by atoms with van der Waals surface area (Å²) in [5.74, 6) is -1.16. The third-order valence-corrected chi connectivity index (χ3v) is 6.53. The minimum absolute atomic E-state index is 0.0907. The molecule has 0 bridgehead atoms. The Morgan fingerprint density at radius 3 is 2.33 bits per heavy atom. The smallest absolute Gasteiger partial charge is 0.255 e. The SMILES string of the molecule is CNC(=O)c1c(-c2ccc(F)cc2)oc2nc(NCCO)c(-c3cccc(C(=O)CC(CF)(CF)CF)c3)cc12. The van der Waals surface area contributed by atoms with E-state index in [1.807, 2.05) is 0 Å². The summed E-state index contributed by atoms with van der Waals surface area (Å²) in [4.78, 5) is 30.4. The topological polar surface area (TPSA) is 104 Å². The molecule has 0 saturated carbocycles. The molecule has 0 fully saturated rings. The molecule has 1 amide bonds. The van der Waals surface area contributed by atoms with Gasteiger partial charge in [0, 0.05) is 36.7 Å². The fourth-order valence-electron chi connectivity index (χ4n) is 4.26. The van der Waals surface area contributed by atoms with Crippen molar-refractivity contribution in [2.24, 2.45) is 5.41 Å². The maximum atomic E-state index is 13.6. The molecule has 2 aromatic carbocycles. The molecule has 0 radical (unpaired) electrons. The van der Waals surface area contributed by atoms with Crippen LogP contribution in [0.15, 0.2) is 59.0 Å². The largest absolute Gasteiger partial charge is 0.437 e. The highest BCUT2D eigenvalue weighted by Crippen LogP contribution is 2.38. The first-order valence-corrected chi connectivity index (χ1v) is 12.4. The molecule has 0 spiro atoms. The number of carbonyl (C=O) groups excluding carboxylic acids is 2. The van der Waals surface area contributed by atoms with Crippen molar-refractivity contribution < 1.29 is 36.7 Å². The molecule has 2 aromatic heterocycles. The molecule has 4 aromatic rings. The Kier molecular flexibility index (Phi) is 8.83. The number of aliphatic hydroxyl groups excluding tert-OH is 1. The van der Waals surface area contributed by atoms with Crippen molar-refractivity contribution in [1.82, 2.24) is 10.3 Å². The molecule has 3 N–H and O–H groups in total. The summed E-state index contributed by atoms with van der Waals surface area (Å²) in [6, 6.07) is 13.2. The van der Waals surface area contributed by atoms with E-state index in [0.29, 0.717) is 22.1 Å². The minimum atomic E-state index is -2.03. The van der Waals surface area contributed by atoms with Crippen LogP contribution < -0.4 is 10.6 Å². The van der Waals surface area contributed by atoms with E-state index in [4.69, 9.17) is 4.42 Å². The number of anilines is 1. The number of carbonyl (C=O) groups is 2. The number of nitrogens with one attached hydrogen (secondary N) is 2. The second kappa shape index (κ2) is 12.3. The van der Waals surface area contributed by atoms with Crippen LogP contribution in [0.5, 0.6) is 0 Å². The van der Waals surface area contributed by atoms with Crippen molar-refractivity contribution in [1.29, 1.82) is 0 Å². The fraction of sp³-hybridized carbons (Fsp3) is 0.276. The van der Waals surface area contributed by atoms with Crippen LogP contribution in [0, 0.1) is 11.2 Å². The first-order valence-electron chi connectivity index (χ1n) is 12.4. The van der Waals surface area contributed by atoms with Gasteiger partial charge in [0.05, 0.1) is 23.0 Å². The van der Waals surface area contributed by atoms with Gasteiger partial charge in [-0.25, -0.2) is 4.39 Å². The number of aromatic nitrogens is 1. The number of amides is 1. The van der Waals surface area contributed by atoms with Gasteiger partial charge in [0.1, 0.15) is 37.4 Å². The lowest BCUT2D eigenvalue weighted by Crippen LogP contribution is -2.31. The molecule has 0 unspecified atom stereocenters. The molecule has 0 aliphatic heterocycles. The molecule has 0 atom stereocenters. The summed E-state index contributed by atoms with van der Waals surface area (Å²) in [7, 11) is 1.45. The first-order chi connectivity index (χ1) is 19.3. The standard InChI is InChI=1S/C29H27F4N3O4/c1-34-27(39)24-22-12-21(18-3-2-4-19(11-18)23(38)13-29(14-30,15-31)16-32)26(35-9-10-37)36-28(22)40-25(24)17-5-7-20(33)8-6-17/h2-8,11-12,37H,9-10,13-16H2,1H3,(H,34,39)(H,35,36). The van der Waals surface area contributed by atoms with E-state index in [9.17, 15) is 32.3 Å². The number of halogens is 4. The van der Waals surface area contributed by atoms with Crippen LogP contribution in [0.4, 0.5) is 23.4 Å². The molecule has 11 heteroatoms. The zero-order valence-corrected chi connectivity index (χ0v) is 21.6. The van der Waals surface area contributed by atoms with Crippen molar-refractivity contribution in [2.75, 3.05) is 45.5 Å². The lowest BCUT2D eigenvalue weighted by molar-refractivity contribution is 0.0725. The van der Waals surface area contributed by atoms with Gasteiger partial charge in [-0.15, -0.1) is 0 Å². The van der Waals surface area contributed by atoms with Gasteiger partial charge in [0.15, 0.2) is 5.78 Å². The zero-order chi connectivity index (χ0) is 28.9. The zero-order valence-electron chi connectivity index (χ0n) is 21.6. The number of benzene rings is 2. The molecule has 0 saturated heterocycles. The van der Waals surface area contributed by atoms with Crippen molar-refractivity contribution in [2.45, 2.75) is 6.42 Å². The van der Waals surface area contributed by atoms with E-state index >= 15 is 0 Å². The average molecular weight is 558 g/mol. The summed E-state index contributed by atoms with van der Waals surface area (Å²) in [5.41, 5.74) is -0.354. The summed E-state index contributed by atoms with van der Waals surface area (Å²) < 4.78 is 59.7. The summed E-state index contributed by atoms with van der Waals surface area (Å²) in [5, 5.41) is 15.3. The number of hydrogen-bond donors (Lipinski definition) is 3. The van der Waals surface area contributed by atoms with Gasteiger partial charge in [-0.2, -0.15) is 4.98 Å². The predicted molar refractivity (Wildman–Crippen MR) is 143 cm³/mol. The third kappa shape index (κ3) is 5.69. The summed E-state index contributed by atoms with van der Waals surface area (Å²) in [6.45, 7) is -4.07. The third-order valence-electron chi connectivity index (χ3n) is 6.53. The van der Waals surface area contributed by atoms with Gasteiger partial charge >= 0.3 is 0 Å². The van der Waals surface area contributed by atoms with Crippen LogP contribution in [-0.2, 0) is 0 Å². The maximum absolute atomic E-state index is 13.6. The Balaban J connectivity index is 1.87. The van der Waals surface area contributed by atoms with Crippen LogP contribution in [0.25, 0.3) is 33.6 Å². The second-order valence-electron chi connectivity index (χ2n) is 9.36. The van der Waals surface area contributed by atoms with Gasteiger partial charge in [0.2, 0.25) is 5.71 Å². The number of hydrogen-bond acceptors (Lipinski definition) is 6. The number of aliphatic hydroxyl groups is 1. The molecule has 0 aliphatic carbocycles. The van der Waals surface area contributed by atoms with Gasteiger partial charge in [-0.1, -0.05) is 18.2 Å². The molecule has 4 rings (SSSR count). The number of furan rings is 1. The number of nitrogens with zero attached hydrogens (tertiary/aromatic N) is 1. The van der Waals surface area contributed by atoms with Crippen molar-refractivity contribution in [3.8, 4) is 22.5 Å². The molecular weight excluding hydrogens is 530 g/mol. The van der Waals surface area contributed by atoms with Crippen LogP contribution in [0.3, 0.4) is 0 Å². The van der Waals surface area contributed by atoms with Crippen LogP contribution >= 0.6 is 0 Å². The number of ketones is 1.